The number of piperazine rings is 1. The van der Waals surface area contributed by atoms with Crippen molar-refractivity contribution in [3.8, 4) is 0 Å². The Morgan fingerprint density at radius 3 is 2.40 bits per heavy atom. The van der Waals surface area contributed by atoms with E-state index in [1.807, 2.05) is 12.1 Å². The van der Waals surface area contributed by atoms with Crippen molar-refractivity contribution >= 4 is 5.95 Å². The highest BCUT2D eigenvalue weighted by Gasteiger charge is 2.18. The van der Waals surface area contributed by atoms with Crippen molar-refractivity contribution in [1.82, 2.24) is 19.9 Å². The van der Waals surface area contributed by atoms with Gasteiger partial charge in [0.25, 0.3) is 0 Å². The maximum Gasteiger partial charge on any atom is 0.239 e. The van der Waals surface area contributed by atoms with Crippen molar-refractivity contribution in [3.63, 3.8) is 0 Å². The molecule has 0 aliphatic carbocycles. The number of nitrogens with zero attached hydrogens (tertiary/aromatic N) is 5. The van der Waals surface area contributed by atoms with E-state index in [2.05, 4.69) is 33.0 Å². The molecule has 0 saturated carbocycles. The molecule has 0 aromatic carbocycles. The highest BCUT2D eigenvalue weighted by molar-refractivity contribution is 5.24. The summed E-state index contributed by atoms with van der Waals surface area (Å²) >= 11 is 0. The van der Waals surface area contributed by atoms with E-state index in [1.54, 1.807) is 12.4 Å². The molecule has 1 aromatic rings. The Balaban J connectivity index is 1.99. The van der Waals surface area contributed by atoms with Crippen LogP contribution in [0.15, 0.2) is 12.4 Å². The van der Waals surface area contributed by atoms with Crippen LogP contribution in [0.4, 0.5) is 5.95 Å². The second-order valence-electron chi connectivity index (χ2n) is 3.76. The number of rotatable bonds is 2. The van der Waals surface area contributed by atoms with Gasteiger partial charge in [-0.15, -0.1) is 0 Å². The molecule has 1 radical (unpaired) electrons. The lowest BCUT2D eigenvalue weighted by Crippen LogP contribution is -2.52. The van der Waals surface area contributed by atoms with E-state index in [9.17, 15) is 0 Å². The molecule has 1 saturated heterocycles. The molecule has 5 nitrogen and oxygen atoms in total. The fourth-order valence-corrected chi connectivity index (χ4v) is 1.65. The highest BCUT2D eigenvalue weighted by Crippen LogP contribution is 2.08. The van der Waals surface area contributed by atoms with E-state index in [1.165, 1.54) is 0 Å². The Morgan fingerprint density at radius 2 is 1.80 bits per heavy atom. The van der Waals surface area contributed by atoms with Crippen LogP contribution in [0.25, 0.3) is 0 Å². The minimum absolute atomic E-state index is 0.735. The fourth-order valence-electron chi connectivity index (χ4n) is 1.65. The third-order valence-electron chi connectivity index (χ3n) is 2.70. The maximum atomic E-state index is 4.18. The molecule has 15 heavy (non-hydrogen) atoms. The molecule has 1 aliphatic rings. The summed E-state index contributed by atoms with van der Waals surface area (Å²) in [7, 11) is 4.14. The number of likely N-dealkylation sites (N-methyl/N-ethyl adjacent to an activating group) is 1. The SMILES string of the molecule is CN1CCN(N(C)c2nc[c]cn2)CC1. The molecule has 2 rings (SSSR count). The number of hydrogen-bond donors (Lipinski definition) is 0. The van der Waals surface area contributed by atoms with Gasteiger partial charge in [-0.2, -0.15) is 0 Å². The van der Waals surface area contributed by atoms with E-state index >= 15 is 0 Å². The maximum absolute atomic E-state index is 4.18. The molecule has 0 amide bonds. The molecule has 81 valence electrons. The van der Waals surface area contributed by atoms with Crippen LogP contribution in [0.2, 0.25) is 0 Å². The zero-order valence-corrected chi connectivity index (χ0v) is 9.22. The van der Waals surface area contributed by atoms with Gasteiger partial charge in [0.2, 0.25) is 5.95 Å². The third-order valence-corrected chi connectivity index (χ3v) is 2.70. The van der Waals surface area contributed by atoms with Crippen molar-refractivity contribution in [2.24, 2.45) is 0 Å². The fraction of sp³-hybridized carbons (Fsp3) is 0.600. The zero-order valence-electron chi connectivity index (χ0n) is 9.22. The first kappa shape index (κ1) is 10.3. The largest absolute Gasteiger partial charge is 0.304 e. The van der Waals surface area contributed by atoms with E-state index in [0.717, 1.165) is 32.1 Å². The van der Waals surface area contributed by atoms with Gasteiger partial charge in [-0.1, -0.05) is 0 Å². The number of hydrogen-bond acceptors (Lipinski definition) is 5. The monoisotopic (exact) mass is 206 g/mol. The quantitative estimate of drug-likeness (QED) is 0.674. The molecule has 0 bridgehead atoms. The van der Waals surface area contributed by atoms with Crippen LogP contribution in [0.3, 0.4) is 0 Å². The minimum Gasteiger partial charge on any atom is -0.304 e. The second-order valence-corrected chi connectivity index (χ2v) is 3.76. The molecular formula is C10H16N5. The van der Waals surface area contributed by atoms with Crippen molar-refractivity contribution in [2.45, 2.75) is 0 Å². The predicted molar refractivity (Wildman–Crippen MR) is 58.3 cm³/mol. The van der Waals surface area contributed by atoms with E-state index in [4.69, 9.17) is 0 Å². The zero-order chi connectivity index (χ0) is 10.7. The smallest absolute Gasteiger partial charge is 0.239 e. The lowest BCUT2D eigenvalue weighted by molar-refractivity contribution is 0.146. The lowest BCUT2D eigenvalue weighted by atomic mass is 10.4. The highest BCUT2D eigenvalue weighted by atomic mass is 15.6. The number of hydrazine groups is 1. The molecule has 0 N–H and O–H groups in total. The molecule has 0 unspecified atom stereocenters. The minimum atomic E-state index is 0.735. The van der Waals surface area contributed by atoms with Crippen LogP contribution in [-0.4, -0.2) is 60.2 Å². The summed E-state index contributed by atoms with van der Waals surface area (Å²) in [4.78, 5) is 10.7. The van der Waals surface area contributed by atoms with Gasteiger partial charge >= 0.3 is 0 Å². The second kappa shape index (κ2) is 4.55. The summed E-state index contributed by atoms with van der Waals surface area (Å²) in [6, 6.07) is 2.82. The Morgan fingerprint density at radius 1 is 1.20 bits per heavy atom. The molecular weight excluding hydrogens is 190 g/mol. The Kier molecular flexibility index (Phi) is 3.13. The molecule has 1 fully saturated rings. The summed E-state index contributed by atoms with van der Waals surface area (Å²) in [5, 5.41) is 4.27. The van der Waals surface area contributed by atoms with Gasteiger partial charge in [-0.3, -0.25) is 5.01 Å². The number of aromatic nitrogens is 2. The van der Waals surface area contributed by atoms with Gasteiger partial charge in [-0.05, 0) is 7.05 Å². The van der Waals surface area contributed by atoms with E-state index in [-0.39, 0.29) is 0 Å². The summed E-state index contributed by atoms with van der Waals surface area (Å²) in [5.74, 6) is 0.735. The molecule has 1 aliphatic heterocycles. The summed E-state index contributed by atoms with van der Waals surface area (Å²) in [6.45, 7) is 4.22. The van der Waals surface area contributed by atoms with Crippen molar-refractivity contribution in [1.29, 1.82) is 0 Å². The van der Waals surface area contributed by atoms with Gasteiger partial charge in [0.05, 0.1) is 0 Å². The van der Waals surface area contributed by atoms with Gasteiger partial charge < -0.3 is 4.90 Å². The first-order chi connectivity index (χ1) is 7.27. The summed E-state index contributed by atoms with van der Waals surface area (Å²) in [5.41, 5.74) is 0. The molecule has 0 spiro atoms. The van der Waals surface area contributed by atoms with E-state index < -0.39 is 0 Å². The van der Waals surface area contributed by atoms with Gasteiger partial charge in [-0.25, -0.2) is 15.0 Å². The Hall–Kier alpha value is -1.20. The van der Waals surface area contributed by atoms with Crippen molar-refractivity contribution in [3.05, 3.63) is 18.5 Å². The Bertz CT molecular complexity index is 294. The van der Waals surface area contributed by atoms with Crippen LogP contribution < -0.4 is 5.01 Å². The molecule has 5 heteroatoms. The van der Waals surface area contributed by atoms with Crippen LogP contribution in [-0.2, 0) is 0 Å². The standard InChI is InChI=1S/C10H16N5/c1-13-6-8-15(9-7-13)14(2)10-11-4-3-5-12-10/h4-5H,6-9H2,1-2H3. The van der Waals surface area contributed by atoms with Crippen LogP contribution >= 0.6 is 0 Å². The van der Waals surface area contributed by atoms with Gasteiger partial charge in [0.1, 0.15) is 0 Å². The van der Waals surface area contributed by atoms with Crippen molar-refractivity contribution < 1.29 is 0 Å². The van der Waals surface area contributed by atoms with Crippen LogP contribution in [0.1, 0.15) is 0 Å². The van der Waals surface area contributed by atoms with Gasteiger partial charge in [0.15, 0.2) is 0 Å². The Labute approximate surface area is 90.3 Å². The summed E-state index contributed by atoms with van der Waals surface area (Å²) < 4.78 is 0. The van der Waals surface area contributed by atoms with Crippen molar-refractivity contribution in [2.75, 3.05) is 45.3 Å². The van der Waals surface area contributed by atoms with Crippen LogP contribution in [0.5, 0.6) is 0 Å². The topological polar surface area (TPSA) is 35.5 Å². The average molecular weight is 206 g/mol. The molecule has 1 aromatic heterocycles. The average Bonchev–Trinajstić information content (AvgIpc) is 2.30. The summed E-state index contributed by atoms with van der Waals surface area (Å²) in [6.07, 6.45) is 3.30. The molecule has 0 atom stereocenters. The predicted octanol–water partition coefficient (Wildman–Crippen LogP) is -0.125. The normalized spacial score (nSPS) is 19.1. The third kappa shape index (κ3) is 2.43. The number of anilines is 1. The lowest BCUT2D eigenvalue weighted by Gasteiger charge is -2.37. The van der Waals surface area contributed by atoms with Gasteiger partial charge in [0, 0.05) is 51.7 Å². The first-order valence-corrected chi connectivity index (χ1v) is 5.12. The van der Waals surface area contributed by atoms with Crippen LogP contribution in [0, 0.1) is 6.07 Å². The van der Waals surface area contributed by atoms with E-state index in [0.29, 0.717) is 0 Å². The first-order valence-electron chi connectivity index (χ1n) is 5.12. The molecule has 2 heterocycles.